The Kier molecular flexibility index (Phi) is 6.46. The maximum absolute atomic E-state index is 13.5. The average molecular weight is 445 g/mol. The van der Waals surface area contributed by atoms with Crippen molar-refractivity contribution in [1.82, 2.24) is 14.5 Å². The summed E-state index contributed by atoms with van der Waals surface area (Å²) in [5.74, 6) is -0.0532. The molecule has 0 spiro atoms. The van der Waals surface area contributed by atoms with Gasteiger partial charge in [-0.1, -0.05) is 42.5 Å². The second-order valence-electron chi connectivity index (χ2n) is 7.80. The number of aromatic nitrogens is 3. The molecule has 2 heterocycles. The Balaban J connectivity index is 1.73. The first-order valence-corrected chi connectivity index (χ1v) is 10.5. The number of nitrogen functional groups attached to an aromatic ring is 1. The number of nitrogens with two attached hydrogens (primary N) is 2. The number of hydrogen-bond acceptors (Lipinski definition) is 6. The molecule has 1 atom stereocenters. The van der Waals surface area contributed by atoms with Crippen molar-refractivity contribution in [2.24, 2.45) is 12.8 Å². The standard InChI is InChI=1S/C25H25FN6O/c1-32-24(33)21(17-9-11-18(26)12-10-17)23(22-20(28)8-5-13-29-22)31-25(32)30-15-19(27)14-16-6-3-2-4-7-16/h2-13,19H,14-15,27-28H2,1H3,(H,30,31)/t19-/m0/s1. The SMILES string of the molecule is Cn1c(NC[C@@H](N)Cc2ccccc2)nc(-c2ncccc2N)c(-c2ccc(F)cc2)c1=O. The first-order chi connectivity index (χ1) is 15.9. The Hall–Kier alpha value is -4.04. The van der Waals surface area contributed by atoms with Crippen molar-refractivity contribution in [2.75, 3.05) is 17.6 Å². The summed E-state index contributed by atoms with van der Waals surface area (Å²) in [4.78, 5) is 22.5. The largest absolute Gasteiger partial charge is 0.397 e. The molecule has 0 saturated heterocycles. The topological polar surface area (TPSA) is 112 Å². The van der Waals surface area contributed by atoms with Crippen LogP contribution >= 0.6 is 0 Å². The summed E-state index contributed by atoms with van der Waals surface area (Å²) >= 11 is 0. The molecule has 0 bridgehead atoms. The minimum absolute atomic E-state index is 0.190. The van der Waals surface area contributed by atoms with Gasteiger partial charge in [-0.3, -0.25) is 14.3 Å². The second kappa shape index (κ2) is 9.62. The van der Waals surface area contributed by atoms with Crippen LogP contribution in [0.2, 0.25) is 0 Å². The fraction of sp³-hybridized carbons (Fsp3) is 0.160. The molecule has 4 aromatic rings. The van der Waals surface area contributed by atoms with Gasteiger partial charge in [0, 0.05) is 25.8 Å². The van der Waals surface area contributed by atoms with Gasteiger partial charge in [0.05, 0.1) is 11.3 Å². The highest BCUT2D eigenvalue weighted by Gasteiger charge is 2.21. The maximum atomic E-state index is 13.5. The molecule has 5 N–H and O–H groups in total. The Morgan fingerprint density at radius 2 is 1.76 bits per heavy atom. The molecule has 0 aliphatic rings. The number of benzene rings is 2. The van der Waals surface area contributed by atoms with Gasteiger partial charge in [0.15, 0.2) is 0 Å². The van der Waals surface area contributed by atoms with Gasteiger partial charge >= 0.3 is 0 Å². The van der Waals surface area contributed by atoms with E-state index in [1.807, 2.05) is 30.3 Å². The van der Waals surface area contributed by atoms with Gasteiger partial charge < -0.3 is 16.8 Å². The van der Waals surface area contributed by atoms with Crippen LogP contribution < -0.4 is 22.3 Å². The predicted octanol–water partition coefficient (Wildman–Crippen LogP) is 3.21. The number of pyridine rings is 1. The zero-order chi connectivity index (χ0) is 23.4. The molecule has 8 heteroatoms. The molecule has 0 radical (unpaired) electrons. The number of rotatable bonds is 7. The van der Waals surface area contributed by atoms with Crippen molar-refractivity contribution in [3.05, 3.63) is 94.7 Å². The van der Waals surface area contributed by atoms with Crippen LogP contribution in [-0.4, -0.2) is 27.1 Å². The molecular formula is C25H25FN6O. The molecule has 0 aliphatic heterocycles. The summed E-state index contributed by atoms with van der Waals surface area (Å²) < 4.78 is 14.9. The number of anilines is 2. The third-order valence-corrected chi connectivity index (χ3v) is 5.35. The van der Waals surface area contributed by atoms with Crippen LogP contribution in [0.4, 0.5) is 16.0 Å². The van der Waals surface area contributed by atoms with E-state index in [9.17, 15) is 9.18 Å². The number of nitrogens with one attached hydrogen (secondary N) is 1. The lowest BCUT2D eigenvalue weighted by Crippen LogP contribution is -2.34. The molecule has 2 aromatic carbocycles. The van der Waals surface area contributed by atoms with Crippen molar-refractivity contribution >= 4 is 11.6 Å². The summed E-state index contributed by atoms with van der Waals surface area (Å²) in [6.45, 7) is 0.405. The molecule has 0 saturated carbocycles. The molecule has 0 fully saturated rings. The van der Waals surface area contributed by atoms with E-state index in [1.54, 1.807) is 37.5 Å². The van der Waals surface area contributed by atoms with E-state index in [2.05, 4.69) is 10.3 Å². The Labute approximate surface area is 190 Å². The fourth-order valence-electron chi connectivity index (χ4n) is 3.64. The molecular weight excluding hydrogens is 419 g/mol. The Morgan fingerprint density at radius 3 is 2.45 bits per heavy atom. The number of halogens is 1. The van der Waals surface area contributed by atoms with E-state index in [0.29, 0.717) is 47.1 Å². The van der Waals surface area contributed by atoms with E-state index in [4.69, 9.17) is 16.5 Å². The molecule has 168 valence electrons. The summed E-state index contributed by atoms with van der Waals surface area (Å²) in [5, 5.41) is 3.19. The molecule has 2 aromatic heterocycles. The van der Waals surface area contributed by atoms with E-state index in [1.165, 1.54) is 16.7 Å². The van der Waals surface area contributed by atoms with Gasteiger partial charge in [-0.15, -0.1) is 0 Å². The van der Waals surface area contributed by atoms with Crippen LogP contribution in [-0.2, 0) is 13.5 Å². The van der Waals surface area contributed by atoms with Crippen LogP contribution in [0, 0.1) is 5.82 Å². The normalized spacial score (nSPS) is 11.8. The van der Waals surface area contributed by atoms with Crippen LogP contribution in [0.25, 0.3) is 22.5 Å². The zero-order valence-corrected chi connectivity index (χ0v) is 18.2. The minimum atomic E-state index is -0.395. The lowest BCUT2D eigenvalue weighted by Gasteiger charge is -2.18. The monoisotopic (exact) mass is 444 g/mol. The van der Waals surface area contributed by atoms with E-state index >= 15 is 0 Å². The average Bonchev–Trinajstić information content (AvgIpc) is 2.82. The number of nitrogens with zero attached hydrogens (tertiary/aromatic N) is 3. The highest BCUT2D eigenvalue weighted by molar-refractivity contribution is 5.84. The van der Waals surface area contributed by atoms with Gasteiger partial charge in [-0.25, -0.2) is 9.37 Å². The molecule has 33 heavy (non-hydrogen) atoms. The van der Waals surface area contributed by atoms with Crippen LogP contribution in [0.1, 0.15) is 5.56 Å². The first kappa shape index (κ1) is 22.2. The van der Waals surface area contributed by atoms with Gasteiger partial charge in [-0.05, 0) is 41.8 Å². The fourth-order valence-corrected chi connectivity index (χ4v) is 3.64. The highest BCUT2D eigenvalue weighted by Crippen LogP contribution is 2.30. The smallest absolute Gasteiger partial charge is 0.263 e. The summed E-state index contributed by atoms with van der Waals surface area (Å²) in [6.07, 6.45) is 2.26. The predicted molar refractivity (Wildman–Crippen MR) is 129 cm³/mol. The van der Waals surface area contributed by atoms with E-state index < -0.39 is 5.82 Å². The van der Waals surface area contributed by atoms with Crippen LogP contribution in [0.5, 0.6) is 0 Å². The molecule has 0 unspecified atom stereocenters. The van der Waals surface area contributed by atoms with Crippen molar-refractivity contribution in [3.63, 3.8) is 0 Å². The van der Waals surface area contributed by atoms with Crippen molar-refractivity contribution in [2.45, 2.75) is 12.5 Å². The lowest BCUT2D eigenvalue weighted by molar-refractivity contribution is 0.628. The Bertz CT molecular complexity index is 1310. The number of hydrogen-bond donors (Lipinski definition) is 3. The molecule has 7 nitrogen and oxygen atoms in total. The van der Waals surface area contributed by atoms with Crippen LogP contribution in [0.3, 0.4) is 0 Å². The minimum Gasteiger partial charge on any atom is -0.397 e. The summed E-state index contributed by atoms with van der Waals surface area (Å²) in [5.41, 5.74) is 15.2. The van der Waals surface area contributed by atoms with Gasteiger partial charge in [0.2, 0.25) is 5.95 Å². The summed E-state index contributed by atoms with van der Waals surface area (Å²) in [7, 11) is 1.62. The summed E-state index contributed by atoms with van der Waals surface area (Å²) in [6, 6.07) is 18.8. The van der Waals surface area contributed by atoms with Crippen LogP contribution in [0.15, 0.2) is 77.7 Å². The first-order valence-electron chi connectivity index (χ1n) is 10.5. The third kappa shape index (κ3) is 4.91. The zero-order valence-electron chi connectivity index (χ0n) is 18.2. The van der Waals surface area contributed by atoms with E-state index in [-0.39, 0.29) is 11.6 Å². The van der Waals surface area contributed by atoms with E-state index in [0.717, 1.165) is 5.56 Å². The lowest BCUT2D eigenvalue weighted by atomic mass is 10.0. The highest BCUT2D eigenvalue weighted by atomic mass is 19.1. The van der Waals surface area contributed by atoms with Gasteiger partial charge in [-0.2, -0.15) is 0 Å². The molecule has 0 aliphatic carbocycles. The third-order valence-electron chi connectivity index (χ3n) is 5.35. The van der Waals surface area contributed by atoms with Crippen molar-refractivity contribution in [3.8, 4) is 22.5 Å². The van der Waals surface area contributed by atoms with Gasteiger partial charge in [0.1, 0.15) is 17.2 Å². The van der Waals surface area contributed by atoms with Crippen molar-refractivity contribution in [1.29, 1.82) is 0 Å². The quantitative estimate of drug-likeness (QED) is 0.404. The van der Waals surface area contributed by atoms with Crippen molar-refractivity contribution < 1.29 is 4.39 Å². The second-order valence-corrected chi connectivity index (χ2v) is 7.80. The van der Waals surface area contributed by atoms with Gasteiger partial charge in [0.25, 0.3) is 5.56 Å². The Morgan fingerprint density at radius 1 is 1.03 bits per heavy atom. The maximum Gasteiger partial charge on any atom is 0.263 e. The molecule has 4 rings (SSSR count). The molecule has 0 amide bonds.